The van der Waals surface area contributed by atoms with Crippen LogP contribution in [0, 0.1) is 12.8 Å². The fourth-order valence-corrected chi connectivity index (χ4v) is 4.80. The van der Waals surface area contributed by atoms with Crippen LogP contribution in [-0.4, -0.2) is 59.3 Å². The first-order valence-electron chi connectivity index (χ1n) is 8.79. The number of aromatic nitrogens is 1. The number of rotatable bonds is 4. The minimum Gasteiger partial charge on any atom is -0.365 e. The Bertz CT molecular complexity index is 630. The standard InChI is InChI=1S/C17H26N4O2S/c1-4-8-21-13-7-9-20(10-12(13)5-6-14(21)22)16(23)15-11(2)19-17(18-3)24-15/h12-13H,4-10H2,1-3H3,(H,18,19). The lowest BCUT2D eigenvalue weighted by molar-refractivity contribution is -0.140. The van der Waals surface area contributed by atoms with Crippen LogP contribution in [0.25, 0.3) is 0 Å². The molecule has 0 bridgehead atoms. The number of amides is 2. The first-order chi connectivity index (χ1) is 11.5. The molecule has 24 heavy (non-hydrogen) atoms. The molecule has 132 valence electrons. The van der Waals surface area contributed by atoms with Gasteiger partial charge in [-0.2, -0.15) is 0 Å². The summed E-state index contributed by atoms with van der Waals surface area (Å²) in [5, 5.41) is 3.79. The molecule has 2 atom stereocenters. The number of hydrogen-bond acceptors (Lipinski definition) is 5. The fraction of sp³-hybridized carbons (Fsp3) is 0.706. The summed E-state index contributed by atoms with van der Waals surface area (Å²) in [6.07, 6.45) is 3.40. The van der Waals surface area contributed by atoms with Gasteiger partial charge in [0.2, 0.25) is 5.91 Å². The highest BCUT2D eigenvalue weighted by molar-refractivity contribution is 7.17. The van der Waals surface area contributed by atoms with Crippen molar-refractivity contribution in [2.75, 3.05) is 32.0 Å². The predicted molar refractivity (Wildman–Crippen MR) is 95.4 cm³/mol. The second-order valence-corrected chi connectivity index (χ2v) is 7.68. The lowest BCUT2D eigenvalue weighted by atomic mass is 9.83. The second-order valence-electron chi connectivity index (χ2n) is 6.68. The number of carbonyl (C=O) groups excluding carboxylic acids is 2. The quantitative estimate of drug-likeness (QED) is 0.905. The van der Waals surface area contributed by atoms with Crippen molar-refractivity contribution >= 4 is 28.3 Å². The minimum atomic E-state index is 0.0869. The molecule has 1 aromatic rings. The van der Waals surface area contributed by atoms with Gasteiger partial charge < -0.3 is 15.1 Å². The average Bonchev–Trinajstić information content (AvgIpc) is 2.97. The van der Waals surface area contributed by atoms with Crippen LogP contribution in [0.4, 0.5) is 5.13 Å². The summed E-state index contributed by atoms with van der Waals surface area (Å²) in [6, 6.07) is 0.311. The van der Waals surface area contributed by atoms with E-state index in [1.165, 1.54) is 11.3 Å². The molecule has 3 heterocycles. The predicted octanol–water partition coefficient (Wildman–Crippen LogP) is 2.36. The molecule has 0 saturated carbocycles. The molecule has 2 aliphatic heterocycles. The fourth-order valence-electron chi connectivity index (χ4n) is 3.91. The molecular weight excluding hydrogens is 324 g/mol. The molecular formula is C17H26N4O2S. The van der Waals surface area contributed by atoms with E-state index in [1.54, 1.807) is 0 Å². The number of carbonyl (C=O) groups is 2. The van der Waals surface area contributed by atoms with Crippen molar-refractivity contribution in [3.63, 3.8) is 0 Å². The molecule has 1 N–H and O–H groups in total. The van der Waals surface area contributed by atoms with Crippen LogP contribution in [0.1, 0.15) is 48.0 Å². The maximum atomic E-state index is 12.9. The zero-order valence-corrected chi connectivity index (χ0v) is 15.5. The van der Waals surface area contributed by atoms with Gasteiger partial charge in [0.15, 0.2) is 5.13 Å². The third-order valence-electron chi connectivity index (χ3n) is 5.10. The molecule has 0 spiro atoms. The van der Waals surface area contributed by atoms with Gasteiger partial charge in [-0.1, -0.05) is 18.3 Å². The molecule has 2 amide bonds. The van der Waals surface area contributed by atoms with E-state index in [0.29, 0.717) is 18.4 Å². The Balaban J connectivity index is 1.71. The maximum Gasteiger partial charge on any atom is 0.265 e. The van der Waals surface area contributed by atoms with Crippen LogP contribution in [0.15, 0.2) is 0 Å². The maximum absolute atomic E-state index is 12.9. The van der Waals surface area contributed by atoms with Crippen molar-refractivity contribution in [2.45, 2.75) is 45.6 Å². The molecule has 0 aliphatic carbocycles. The van der Waals surface area contributed by atoms with Gasteiger partial charge >= 0.3 is 0 Å². The summed E-state index contributed by atoms with van der Waals surface area (Å²) >= 11 is 1.42. The summed E-state index contributed by atoms with van der Waals surface area (Å²) in [5.74, 6) is 0.780. The van der Waals surface area contributed by atoms with Gasteiger partial charge in [-0.15, -0.1) is 0 Å². The molecule has 2 saturated heterocycles. The van der Waals surface area contributed by atoms with Crippen molar-refractivity contribution in [2.24, 2.45) is 5.92 Å². The van der Waals surface area contributed by atoms with E-state index in [4.69, 9.17) is 0 Å². The normalized spacial score (nSPS) is 24.0. The van der Waals surface area contributed by atoms with E-state index in [-0.39, 0.29) is 11.8 Å². The van der Waals surface area contributed by atoms with Crippen LogP contribution in [0.2, 0.25) is 0 Å². The minimum absolute atomic E-state index is 0.0869. The number of fused-ring (bicyclic) bond motifs is 1. The van der Waals surface area contributed by atoms with Gasteiger partial charge in [0.25, 0.3) is 5.91 Å². The molecule has 0 aromatic carbocycles. The Morgan fingerprint density at radius 1 is 1.42 bits per heavy atom. The lowest BCUT2D eigenvalue weighted by Crippen LogP contribution is -2.57. The van der Waals surface area contributed by atoms with Crippen molar-refractivity contribution < 1.29 is 9.59 Å². The van der Waals surface area contributed by atoms with Crippen LogP contribution >= 0.6 is 11.3 Å². The number of nitrogens with zero attached hydrogens (tertiary/aromatic N) is 3. The summed E-state index contributed by atoms with van der Waals surface area (Å²) in [4.78, 5) is 34.2. The number of thiazole rings is 1. The van der Waals surface area contributed by atoms with Crippen molar-refractivity contribution in [3.8, 4) is 0 Å². The first-order valence-corrected chi connectivity index (χ1v) is 9.60. The largest absolute Gasteiger partial charge is 0.365 e. The van der Waals surface area contributed by atoms with Gasteiger partial charge in [-0.25, -0.2) is 4.98 Å². The monoisotopic (exact) mass is 350 g/mol. The number of likely N-dealkylation sites (tertiary alicyclic amines) is 2. The SMILES string of the molecule is CCCN1C(=O)CCC2CN(C(=O)c3sc(NC)nc3C)CCC21. The van der Waals surface area contributed by atoms with Gasteiger partial charge in [-0.3, -0.25) is 9.59 Å². The summed E-state index contributed by atoms with van der Waals surface area (Å²) in [7, 11) is 1.82. The third kappa shape index (κ3) is 3.14. The lowest BCUT2D eigenvalue weighted by Gasteiger charge is -2.47. The van der Waals surface area contributed by atoms with E-state index in [9.17, 15) is 9.59 Å². The smallest absolute Gasteiger partial charge is 0.265 e. The Morgan fingerprint density at radius 3 is 2.88 bits per heavy atom. The van der Waals surface area contributed by atoms with Crippen molar-refractivity contribution in [1.29, 1.82) is 0 Å². The topological polar surface area (TPSA) is 65.5 Å². The molecule has 2 aliphatic rings. The Kier molecular flexibility index (Phi) is 5.08. The van der Waals surface area contributed by atoms with Crippen LogP contribution < -0.4 is 5.32 Å². The highest BCUT2D eigenvalue weighted by atomic mass is 32.1. The Labute approximate surface area is 147 Å². The molecule has 2 fully saturated rings. The van der Waals surface area contributed by atoms with Gasteiger partial charge in [0, 0.05) is 39.1 Å². The van der Waals surface area contributed by atoms with Crippen LogP contribution in [-0.2, 0) is 4.79 Å². The number of nitrogens with one attached hydrogen (secondary N) is 1. The molecule has 1 aromatic heterocycles. The van der Waals surface area contributed by atoms with Crippen LogP contribution in [0.3, 0.4) is 0 Å². The Hall–Kier alpha value is -1.63. The zero-order chi connectivity index (χ0) is 17.3. The molecule has 7 heteroatoms. The van der Waals surface area contributed by atoms with Gasteiger partial charge in [0.05, 0.1) is 5.69 Å². The second kappa shape index (κ2) is 7.09. The van der Waals surface area contributed by atoms with Crippen molar-refractivity contribution in [1.82, 2.24) is 14.8 Å². The molecule has 3 rings (SSSR count). The highest BCUT2D eigenvalue weighted by Gasteiger charge is 2.40. The first kappa shape index (κ1) is 17.2. The van der Waals surface area contributed by atoms with E-state index in [1.807, 2.05) is 18.9 Å². The van der Waals surface area contributed by atoms with Gasteiger partial charge in [0.1, 0.15) is 4.88 Å². The average molecular weight is 350 g/mol. The van der Waals surface area contributed by atoms with E-state index < -0.39 is 0 Å². The molecule has 2 unspecified atom stereocenters. The number of aryl methyl sites for hydroxylation is 1. The van der Waals surface area contributed by atoms with E-state index >= 15 is 0 Å². The van der Waals surface area contributed by atoms with Gasteiger partial charge in [-0.05, 0) is 32.1 Å². The van der Waals surface area contributed by atoms with E-state index in [0.717, 1.165) is 54.6 Å². The summed E-state index contributed by atoms with van der Waals surface area (Å²) < 4.78 is 0. The molecule has 6 nitrogen and oxygen atoms in total. The van der Waals surface area contributed by atoms with E-state index in [2.05, 4.69) is 22.1 Å². The molecule has 0 radical (unpaired) electrons. The number of anilines is 1. The zero-order valence-electron chi connectivity index (χ0n) is 14.7. The third-order valence-corrected chi connectivity index (χ3v) is 6.26. The summed E-state index contributed by atoms with van der Waals surface area (Å²) in [6.45, 7) is 6.32. The van der Waals surface area contributed by atoms with Crippen molar-refractivity contribution in [3.05, 3.63) is 10.6 Å². The van der Waals surface area contributed by atoms with Crippen LogP contribution in [0.5, 0.6) is 0 Å². The number of hydrogen-bond donors (Lipinski definition) is 1. The highest BCUT2D eigenvalue weighted by Crippen LogP contribution is 2.33. The Morgan fingerprint density at radius 2 is 2.21 bits per heavy atom. The number of piperidine rings is 2. The summed E-state index contributed by atoms with van der Waals surface area (Å²) in [5.41, 5.74) is 0.794.